The number of aliphatic hydroxyl groups is 1. The van der Waals surface area contributed by atoms with E-state index < -0.39 is 23.3 Å². The van der Waals surface area contributed by atoms with Crippen LogP contribution in [0.15, 0.2) is 9.59 Å². The van der Waals surface area contributed by atoms with Crippen molar-refractivity contribution in [1.29, 1.82) is 0 Å². The summed E-state index contributed by atoms with van der Waals surface area (Å²) in [5.74, 6) is -0.498. The number of hydrogen-bond donors (Lipinski definition) is 2. The number of carbonyl (C=O) groups excluding carboxylic acids is 1. The first-order chi connectivity index (χ1) is 14.6. The molecular weight excluding hydrogens is 422 g/mol. The highest BCUT2D eigenvalue weighted by Gasteiger charge is 2.33. The monoisotopic (exact) mass is 447 g/mol. The molecule has 31 heavy (non-hydrogen) atoms. The molecule has 1 saturated heterocycles. The Bertz CT molecular complexity index is 1280. The standard InChI is InChI=1S/C20H25N5O5S/c1-9(2)25-19-16(17(27)23(5)20(25)29)15(18(28)24-7-12(26)8-30-24)14(31-19)6-13-10(3)21-22-11(13)4/h9,12,26H,6-8H2,1-5H3,(H,21,22). The minimum absolute atomic E-state index is 0.0117. The molecule has 166 valence electrons. The summed E-state index contributed by atoms with van der Waals surface area (Å²) >= 11 is 1.26. The molecule has 1 fully saturated rings. The highest BCUT2D eigenvalue weighted by molar-refractivity contribution is 7.19. The summed E-state index contributed by atoms with van der Waals surface area (Å²) in [6, 6.07) is -0.210. The van der Waals surface area contributed by atoms with Crippen LogP contribution in [0.2, 0.25) is 0 Å². The van der Waals surface area contributed by atoms with Gasteiger partial charge in [0.25, 0.3) is 11.5 Å². The molecule has 4 heterocycles. The number of hydrogen-bond acceptors (Lipinski definition) is 7. The molecule has 1 unspecified atom stereocenters. The lowest BCUT2D eigenvalue weighted by atomic mass is 10.0. The average Bonchev–Trinajstić information content (AvgIpc) is 3.39. The molecule has 0 aliphatic carbocycles. The van der Waals surface area contributed by atoms with Crippen LogP contribution in [0.1, 0.15) is 52.1 Å². The summed E-state index contributed by atoms with van der Waals surface area (Å²) in [5, 5.41) is 18.3. The number of aromatic amines is 1. The highest BCUT2D eigenvalue weighted by atomic mass is 32.1. The molecule has 11 heteroatoms. The van der Waals surface area contributed by atoms with Gasteiger partial charge in [-0.05, 0) is 27.7 Å². The second-order valence-corrected chi connectivity index (χ2v) is 9.18. The number of aliphatic hydroxyl groups excluding tert-OH is 1. The van der Waals surface area contributed by atoms with Crippen molar-refractivity contribution in [2.75, 3.05) is 13.2 Å². The van der Waals surface area contributed by atoms with Crippen LogP contribution >= 0.6 is 11.3 Å². The Labute approximate surface area is 181 Å². The van der Waals surface area contributed by atoms with Crippen LogP contribution in [0.5, 0.6) is 0 Å². The van der Waals surface area contributed by atoms with Crippen LogP contribution < -0.4 is 11.2 Å². The summed E-state index contributed by atoms with van der Waals surface area (Å²) in [5.41, 5.74) is 1.86. The van der Waals surface area contributed by atoms with Crippen molar-refractivity contribution < 1.29 is 14.7 Å². The molecule has 0 saturated carbocycles. The lowest BCUT2D eigenvalue weighted by molar-refractivity contribution is -0.0778. The first-order valence-corrected chi connectivity index (χ1v) is 10.8. The van der Waals surface area contributed by atoms with E-state index in [0.29, 0.717) is 16.1 Å². The molecular formula is C20H25N5O5S. The number of amides is 1. The van der Waals surface area contributed by atoms with E-state index in [2.05, 4.69) is 10.2 Å². The van der Waals surface area contributed by atoms with Crippen molar-refractivity contribution in [2.24, 2.45) is 7.05 Å². The molecule has 0 spiro atoms. The molecule has 0 radical (unpaired) electrons. The Morgan fingerprint density at radius 2 is 2.06 bits per heavy atom. The number of nitrogens with zero attached hydrogens (tertiary/aromatic N) is 4. The van der Waals surface area contributed by atoms with Crippen LogP contribution in [0.25, 0.3) is 10.2 Å². The van der Waals surface area contributed by atoms with Crippen LogP contribution in [-0.2, 0) is 18.3 Å². The maximum atomic E-state index is 13.5. The third-order valence-electron chi connectivity index (χ3n) is 5.57. The van der Waals surface area contributed by atoms with Crippen LogP contribution in [-0.4, -0.2) is 54.7 Å². The Kier molecular flexibility index (Phi) is 5.36. The number of thiophene rings is 1. The SMILES string of the molecule is Cc1n[nH]c(C)c1Cc1sc2c(c1C(=O)N1CC(O)CO1)c(=O)n(C)c(=O)n2C(C)C. The predicted octanol–water partition coefficient (Wildman–Crippen LogP) is 1.02. The molecule has 3 aromatic heterocycles. The number of H-pyrrole nitrogens is 1. The number of aromatic nitrogens is 4. The van der Waals surface area contributed by atoms with Gasteiger partial charge in [0.15, 0.2) is 0 Å². The first-order valence-electron chi connectivity index (χ1n) is 10.0. The number of hydroxylamine groups is 2. The van der Waals surface area contributed by atoms with Gasteiger partial charge in [-0.2, -0.15) is 5.10 Å². The summed E-state index contributed by atoms with van der Waals surface area (Å²) < 4.78 is 2.57. The van der Waals surface area contributed by atoms with Gasteiger partial charge in [0.05, 0.1) is 23.2 Å². The third-order valence-corrected chi connectivity index (χ3v) is 6.76. The van der Waals surface area contributed by atoms with Crippen molar-refractivity contribution in [1.82, 2.24) is 24.4 Å². The van der Waals surface area contributed by atoms with Crippen molar-refractivity contribution >= 4 is 27.5 Å². The fourth-order valence-corrected chi connectivity index (χ4v) is 5.30. The van der Waals surface area contributed by atoms with Crippen molar-refractivity contribution in [3.05, 3.63) is 48.2 Å². The summed E-state index contributed by atoms with van der Waals surface area (Å²) in [4.78, 5) is 45.9. The van der Waals surface area contributed by atoms with Gasteiger partial charge in [0.2, 0.25) is 0 Å². The largest absolute Gasteiger partial charge is 0.389 e. The highest BCUT2D eigenvalue weighted by Crippen LogP contribution is 2.34. The molecule has 2 N–H and O–H groups in total. The van der Waals surface area contributed by atoms with Gasteiger partial charge in [-0.3, -0.25) is 28.7 Å². The summed E-state index contributed by atoms with van der Waals surface area (Å²) in [6.07, 6.45) is -0.409. The molecule has 0 bridgehead atoms. The van der Waals surface area contributed by atoms with E-state index in [1.54, 1.807) is 0 Å². The maximum Gasteiger partial charge on any atom is 0.332 e. The van der Waals surface area contributed by atoms with Gasteiger partial charge < -0.3 is 5.11 Å². The Morgan fingerprint density at radius 3 is 2.61 bits per heavy atom. The van der Waals surface area contributed by atoms with Gasteiger partial charge in [0, 0.05) is 35.6 Å². The normalized spacial score (nSPS) is 16.7. The lowest BCUT2D eigenvalue weighted by Gasteiger charge is -2.15. The summed E-state index contributed by atoms with van der Waals surface area (Å²) in [7, 11) is 1.41. The van der Waals surface area contributed by atoms with E-state index in [4.69, 9.17) is 4.84 Å². The number of aryl methyl sites for hydroxylation is 2. The molecule has 0 aromatic carbocycles. The quantitative estimate of drug-likeness (QED) is 0.616. The molecule has 1 aliphatic heterocycles. The molecule has 3 aromatic rings. The van der Waals surface area contributed by atoms with Crippen molar-refractivity contribution in [3.8, 4) is 0 Å². The number of fused-ring (bicyclic) bond motifs is 1. The van der Waals surface area contributed by atoms with Gasteiger partial charge >= 0.3 is 5.69 Å². The lowest BCUT2D eigenvalue weighted by Crippen LogP contribution is -2.39. The van der Waals surface area contributed by atoms with Crippen molar-refractivity contribution in [2.45, 2.75) is 46.3 Å². The smallest absolute Gasteiger partial charge is 0.332 e. The maximum absolute atomic E-state index is 13.5. The van der Waals surface area contributed by atoms with Crippen LogP contribution in [0, 0.1) is 13.8 Å². The molecule has 1 aliphatic rings. The molecule has 4 rings (SSSR count). The second kappa shape index (κ2) is 7.74. The Balaban J connectivity index is 2.02. The Morgan fingerprint density at radius 1 is 1.35 bits per heavy atom. The fraction of sp³-hybridized carbons (Fsp3) is 0.500. The third kappa shape index (κ3) is 3.42. The number of rotatable bonds is 4. The van der Waals surface area contributed by atoms with E-state index >= 15 is 0 Å². The minimum atomic E-state index is -0.785. The van der Waals surface area contributed by atoms with E-state index in [1.165, 1.54) is 23.0 Å². The van der Waals surface area contributed by atoms with Crippen molar-refractivity contribution in [3.63, 3.8) is 0 Å². The van der Waals surface area contributed by atoms with E-state index in [9.17, 15) is 19.5 Å². The molecule has 10 nitrogen and oxygen atoms in total. The first kappa shape index (κ1) is 21.5. The Hall–Kier alpha value is -2.76. The minimum Gasteiger partial charge on any atom is -0.389 e. The van der Waals surface area contributed by atoms with Crippen LogP contribution in [0.4, 0.5) is 0 Å². The molecule has 1 atom stereocenters. The van der Waals surface area contributed by atoms with E-state index in [0.717, 1.165) is 26.6 Å². The fourth-order valence-electron chi connectivity index (χ4n) is 3.88. The number of β-amino-alcohol motifs (C(OH)–C–C–N with tert-alkyl or cyclic N) is 1. The van der Waals surface area contributed by atoms with Gasteiger partial charge in [-0.25, -0.2) is 9.86 Å². The molecule has 1 amide bonds. The van der Waals surface area contributed by atoms with Crippen LogP contribution in [0.3, 0.4) is 0 Å². The van der Waals surface area contributed by atoms with Gasteiger partial charge in [0.1, 0.15) is 17.5 Å². The van der Waals surface area contributed by atoms with Gasteiger partial charge in [-0.1, -0.05) is 0 Å². The zero-order valence-electron chi connectivity index (χ0n) is 18.1. The van der Waals surface area contributed by atoms with E-state index in [-0.39, 0.29) is 30.1 Å². The predicted molar refractivity (Wildman–Crippen MR) is 116 cm³/mol. The summed E-state index contributed by atoms with van der Waals surface area (Å²) in [6.45, 7) is 7.51. The van der Waals surface area contributed by atoms with E-state index in [1.807, 2.05) is 27.7 Å². The topological polar surface area (TPSA) is 122 Å². The number of nitrogens with one attached hydrogen (secondary N) is 1. The second-order valence-electron chi connectivity index (χ2n) is 8.10. The van der Waals surface area contributed by atoms with Gasteiger partial charge in [-0.15, -0.1) is 11.3 Å². The zero-order chi connectivity index (χ0) is 22.6. The average molecular weight is 448 g/mol. The number of carbonyl (C=O) groups is 1. The zero-order valence-corrected chi connectivity index (χ0v) is 18.9.